The third-order valence-electron chi connectivity index (χ3n) is 8.57. The van der Waals surface area contributed by atoms with Crippen molar-refractivity contribution < 1.29 is 18.0 Å². The number of nitrogens with zero attached hydrogens (tertiary/aromatic N) is 2. The molecule has 0 radical (unpaired) electrons. The number of anilines is 1. The monoisotopic (exact) mass is 569 g/mol. The lowest BCUT2D eigenvalue weighted by atomic mass is 9.93. The van der Waals surface area contributed by atoms with E-state index in [1.165, 1.54) is 28.8 Å². The number of nitrogens with one attached hydrogen (secondary N) is 1. The Labute approximate surface area is 244 Å². The van der Waals surface area contributed by atoms with Crippen LogP contribution in [0.1, 0.15) is 38.2 Å². The summed E-state index contributed by atoms with van der Waals surface area (Å²) >= 11 is 0. The molecule has 2 aliphatic rings. The molecule has 1 fully saturated rings. The number of aryl methyl sites for hydroxylation is 1. The number of alkyl halides is 3. The third kappa shape index (κ3) is 6.13. The molecule has 1 aliphatic carbocycles. The van der Waals surface area contributed by atoms with E-state index in [-0.39, 0.29) is 5.91 Å². The van der Waals surface area contributed by atoms with E-state index < -0.39 is 11.7 Å². The molecule has 0 bridgehead atoms. The molecule has 1 heterocycles. The van der Waals surface area contributed by atoms with Gasteiger partial charge in [0.25, 0.3) is 5.91 Å². The van der Waals surface area contributed by atoms with Crippen LogP contribution in [0.15, 0.2) is 91.0 Å². The topological polar surface area (TPSA) is 35.6 Å². The van der Waals surface area contributed by atoms with E-state index in [9.17, 15) is 18.0 Å². The molecule has 216 valence electrons. The van der Waals surface area contributed by atoms with Crippen molar-refractivity contribution >= 4 is 11.6 Å². The molecule has 1 N–H and O–H groups in total. The van der Waals surface area contributed by atoms with E-state index >= 15 is 0 Å². The number of hydrogen-bond acceptors (Lipinski definition) is 3. The minimum absolute atomic E-state index is 0.280. The first-order valence-corrected chi connectivity index (χ1v) is 14.5. The van der Waals surface area contributed by atoms with Gasteiger partial charge in [0.2, 0.25) is 0 Å². The molecule has 7 heteroatoms. The highest BCUT2D eigenvalue weighted by atomic mass is 19.4. The van der Waals surface area contributed by atoms with Crippen molar-refractivity contribution in [3.63, 3.8) is 0 Å². The zero-order valence-electron chi connectivity index (χ0n) is 23.6. The fourth-order valence-electron chi connectivity index (χ4n) is 6.32. The predicted octanol–water partition coefficient (Wildman–Crippen LogP) is 7.22. The fourth-order valence-corrected chi connectivity index (χ4v) is 6.32. The van der Waals surface area contributed by atoms with E-state index in [4.69, 9.17) is 0 Å². The van der Waals surface area contributed by atoms with Crippen LogP contribution in [0.5, 0.6) is 0 Å². The Kier molecular flexibility index (Phi) is 7.88. The number of piperazine rings is 1. The molecule has 4 aromatic rings. The number of hydrogen-bond donors (Lipinski definition) is 1. The number of halogens is 3. The second kappa shape index (κ2) is 11.7. The number of carbonyl (C=O) groups excluding carboxylic acids is 1. The van der Waals surface area contributed by atoms with Gasteiger partial charge in [0, 0.05) is 50.0 Å². The van der Waals surface area contributed by atoms with Gasteiger partial charge in [-0.1, -0.05) is 60.7 Å². The predicted molar refractivity (Wildman–Crippen MR) is 161 cm³/mol. The Morgan fingerprint density at radius 2 is 1.55 bits per heavy atom. The molecule has 0 aromatic heterocycles. The molecule has 1 amide bonds. The number of carbonyl (C=O) groups is 1. The summed E-state index contributed by atoms with van der Waals surface area (Å²) in [6, 6.07) is 27.6. The van der Waals surface area contributed by atoms with Crippen LogP contribution in [-0.2, 0) is 25.6 Å². The summed E-state index contributed by atoms with van der Waals surface area (Å²) in [6.07, 6.45) is -2.44. The average molecular weight is 570 g/mol. The summed E-state index contributed by atoms with van der Waals surface area (Å²) in [5, 5.41) is 3.05. The lowest BCUT2D eigenvalue weighted by Gasteiger charge is -2.38. The van der Waals surface area contributed by atoms with Crippen molar-refractivity contribution in [2.24, 2.45) is 0 Å². The van der Waals surface area contributed by atoms with Crippen LogP contribution in [0.3, 0.4) is 0 Å². The smallest absolute Gasteiger partial charge is 0.322 e. The summed E-state index contributed by atoms with van der Waals surface area (Å²) in [6.45, 7) is 7.07. The molecular formula is C35H34F3N3O. The quantitative estimate of drug-likeness (QED) is 0.266. The maximum Gasteiger partial charge on any atom is 0.416 e. The second-order valence-corrected chi connectivity index (χ2v) is 11.4. The largest absolute Gasteiger partial charge is 0.416 e. The van der Waals surface area contributed by atoms with Crippen LogP contribution in [0.2, 0.25) is 0 Å². The van der Waals surface area contributed by atoms with E-state index in [1.54, 1.807) is 12.1 Å². The van der Waals surface area contributed by atoms with Gasteiger partial charge in [0.05, 0.1) is 5.56 Å². The molecule has 0 saturated carbocycles. The molecule has 6 rings (SSSR count). The van der Waals surface area contributed by atoms with Crippen molar-refractivity contribution in [1.82, 2.24) is 9.80 Å². The Morgan fingerprint density at radius 3 is 2.26 bits per heavy atom. The van der Waals surface area contributed by atoms with Gasteiger partial charge in [0.15, 0.2) is 0 Å². The van der Waals surface area contributed by atoms with Crippen molar-refractivity contribution in [3.05, 3.63) is 124 Å². The fraction of sp³-hybridized carbons (Fsp3) is 0.286. The van der Waals surface area contributed by atoms with Crippen LogP contribution in [-0.4, -0.2) is 47.9 Å². The van der Waals surface area contributed by atoms with Crippen molar-refractivity contribution in [1.29, 1.82) is 0 Å². The van der Waals surface area contributed by atoms with Crippen LogP contribution in [0.4, 0.5) is 18.9 Å². The van der Waals surface area contributed by atoms with Gasteiger partial charge < -0.3 is 5.32 Å². The maximum atomic E-state index is 13.5. The van der Waals surface area contributed by atoms with Gasteiger partial charge in [-0.2, -0.15) is 13.2 Å². The molecule has 42 heavy (non-hydrogen) atoms. The van der Waals surface area contributed by atoms with Gasteiger partial charge >= 0.3 is 6.18 Å². The van der Waals surface area contributed by atoms with Crippen molar-refractivity contribution in [3.8, 4) is 11.1 Å². The Balaban J connectivity index is 1.11. The second-order valence-electron chi connectivity index (χ2n) is 11.4. The summed E-state index contributed by atoms with van der Waals surface area (Å²) < 4.78 is 39.3. The Bertz CT molecular complexity index is 1560. The molecule has 0 spiro atoms. The molecule has 1 unspecified atom stereocenters. The minimum Gasteiger partial charge on any atom is -0.322 e. The highest BCUT2D eigenvalue weighted by molar-refractivity contribution is 6.09. The average Bonchev–Trinajstić information content (AvgIpc) is 3.41. The Hall–Kier alpha value is -3.94. The number of benzene rings is 4. The summed E-state index contributed by atoms with van der Waals surface area (Å²) in [5.41, 5.74) is 6.42. The van der Waals surface area contributed by atoms with E-state index in [1.807, 2.05) is 19.1 Å². The molecule has 1 atom stereocenters. The molecular weight excluding hydrogens is 535 g/mol. The third-order valence-corrected chi connectivity index (χ3v) is 8.57. The number of fused-ring (bicyclic) bond motifs is 1. The SMILES string of the molecule is Cc1cccc(C(=O)Nc2ccc3c(c2)CC(N2CCN(Cc4ccccc4)CC2)C3)c1-c1ccc(C(F)(F)F)cc1. The van der Waals surface area contributed by atoms with Gasteiger partial charge in [-0.3, -0.25) is 14.6 Å². The lowest BCUT2D eigenvalue weighted by molar-refractivity contribution is -0.137. The van der Waals surface area contributed by atoms with Gasteiger partial charge in [-0.05, 0) is 83.5 Å². The lowest BCUT2D eigenvalue weighted by Crippen LogP contribution is -2.50. The number of rotatable bonds is 6. The van der Waals surface area contributed by atoms with Gasteiger partial charge in [-0.25, -0.2) is 0 Å². The molecule has 4 aromatic carbocycles. The van der Waals surface area contributed by atoms with Gasteiger partial charge in [0.1, 0.15) is 0 Å². The van der Waals surface area contributed by atoms with Gasteiger partial charge in [-0.15, -0.1) is 0 Å². The summed E-state index contributed by atoms with van der Waals surface area (Å²) in [4.78, 5) is 18.6. The highest BCUT2D eigenvalue weighted by Crippen LogP contribution is 2.34. The van der Waals surface area contributed by atoms with Crippen LogP contribution in [0, 0.1) is 6.92 Å². The summed E-state index contributed by atoms with van der Waals surface area (Å²) in [5.74, 6) is -0.280. The zero-order valence-corrected chi connectivity index (χ0v) is 23.6. The van der Waals surface area contributed by atoms with Crippen molar-refractivity contribution in [2.45, 2.75) is 38.5 Å². The zero-order chi connectivity index (χ0) is 29.3. The minimum atomic E-state index is -4.41. The standard InChI is InChI=1S/C35H34F3N3O/c1-24-6-5-9-32(33(24)26-10-13-29(14-11-26)35(36,37)38)34(42)39-30-15-12-27-21-31(22-28(27)20-30)41-18-16-40(17-19-41)23-25-7-3-2-4-8-25/h2-15,20,31H,16-19,21-23H2,1H3,(H,39,42). The van der Waals surface area contributed by atoms with E-state index in [0.717, 1.165) is 68.9 Å². The van der Waals surface area contributed by atoms with Crippen molar-refractivity contribution in [2.75, 3.05) is 31.5 Å². The van der Waals surface area contributed by atoms with Crippen LogP contribution in [0.25, 0.3) is 11.1 Å². The van der Waals surface area contributed by atoms with Crippen LogP contribution < -0.4 is 5.32 Å². The first-order chi connectivity index (χ1) is 20.2. The molecule has 4 nitrogen and oxygen atoms in total. The van der Waals surface area contributed by atoms with E-state index in [2.05, 4.69) is 57.6 Å². The summed E-state index contributed by atoms with van der Waals surface area (Å²) in [7, 11) is 0. The Morgan fingerprint density at radius 1 is 0.833 bits per heavy atom. The first-order valence-electron chi connectivity index (χ1n) is 14.5. The number of amides is 1. The van der Waals surface area contributed by atoms with Crippen LogP contribution >= 0.6 is 0 Å². The molecule has 1 aliphatic heterocycles. The van der Waals surface area contributed by atoms with E-state index in [0.29, 0.717) is 22.7 Å². The molecule has 1 saturated heterocycles. The maximum absolute atomic E-state index is 13.5. The normalized spacial score (nSPS) is 17.7. The first kappa shape index (κ1) is 28.2. The highest BCUT2D eigenvalue weighted by Gasteiger charge is 2.31.